The van der Waals surface area contributed by atoms with Gasteiger partial charge in [-0.05, 0) is 30.2 Å². The number of aromatic nitrogens is 1. The summed E-state index contributed by atoms with van der Waals surface area (Å²) < 4.78 is 0. The first kappa shape index (κ1) is 19.1. The van der Waals surface area contributed by atoms with E-state index in [2.05, 4.69) is 16.4 Å². The molecule has 31 heavy (non-hydrogen) atoms. The van der Waals surface area contributed by atoms with E-state index in [1.54, 1.807) is 4.90 Å². The summed E-state index contributed by atoms with van der Waals surface area (Å²) in [5.74, 6) is -0.285. The molecule has 0 radical (unpaired) electrons. The Morgan fingerprint density at radius 3 is 2.52 bits per heavy atom. The summed E-state index contributed by atoms with van der Waals surface area (Å²) >= 11 is 0. The number of rotatable bonds is 5. The number of carbonyl (C=O) groups excluding carboxylic acids is 2. The lowest BCUT2D eigenvalue weighted by atomic mass is 9.95. The predicted octanol–water partition coefficient (Wildman–Crippen LogP) is 4.34. The van der Waals surface area contributed by atoms with E-state index < -0.39 is 0 Å². The van der Waals surface area contributed by atoms with Crippen LogP contribution in [0.25, 0.3) is 10.9 Å². The van der Waals surface area contributed by atoms with Gasteiger partial charge in [-0.1, -0.05) is 66.7 Å². The van der Waals surface area contributed by atoms with Gasteiger partial charge in [-0.2, -0.15) is 0 Å². The highest BCUT2D eigenvalue weighted by Crippen LogP contribution is 2.42. The van der Waals surface area contributed by atoms with E-state index in [9.17, 15) is 9.59 Å². The smallest absolute Gasteiger partial charge is 0.255 e. The number of benzene rings is 3. The molecule has 3 aromatic carbocycles. The average molecular weight is 409 g/mol. The van der Waals surface area contributed by atoms with Crippen LogP contribution in [0, 0.1) is 6.92 Å². The summed E-state index contributed by atoms with van der Waals surface area (Å²) in [6.45, 7) is 2.46. The van der Waals surface area contributed by atoms with Crippen molar-refractivity contribution >= 4 is 22.7 Å². The third-order valence-electron chi connectivity index (χ3n) is 5.92. The number of hydrogen-bond acceptors (Lipinski definition) is 2. The lowest BCUT2D eigenvalue weighted by molar-refractivity contribution is -0.122. The molecule has 2 heterocycles. The van der Waals surface area contributed by atoms with Crippen molar-refractivity contribution in [1.82, 2.24) is 15.2 Å². The van der Waals surface area contributed by atoms with E-state index in [-0.39, 0.29) is 24.4 Å². The Balaban J connectivity index is 1.49. The summed E-state index contributed by atoms with van der Waals surface area (Å²) in [5.41, 5.74) is 5.70. The summed E-state index contributed by atoms with van der Waals surface area (Å²) in [5, 5.41) is 4.02. The van der Waals surface area contributed by atoms with Gasteiger partial charge >= 0.3 is 0 Å². The highest BCUT2D eigenvalue weighted by molar-refractivity contribution is 6.02. The van der Waals surface area contributed by atoms with Gasteiger partial charge in [0.15, 0.2) is 0 Å². The highest BCUT2D eigenvalue weighted by Gasteiger charge is 2.40. The lowest BCUT2D eigenvalue weighted by Gasteiger charge is -2.25. The van der Waals surface area contributed by atoms with Gasteiger partial charge in [-0.25, -0.2) is 0 Å². The number of nitrogens with one attached hydrogen (secondary N) is 2. The lowest BCUT2D eigenvalue weighted by Crippen LogP contribution is -2.39. The molecule has 0 saturated carbocycles. The summed E-state index contributed by atoms with van der Waals surface area (Å²) in [4.78, 5) is 31.2. The Kier molecular flexibility index (Phi) is 4.79. The molecule has 4 aromatic rings. The number of amides is 2. The first-order chi connectivity index (χ1) is 15.1. The van der Waals surface area contributed by atoms with Crippen molar-refractivity contribution in [2.24, 2.45) is 0 Å². The number of nitrogens with zero attached hydrogens (tertiary/aromatic N) is 1. The minimum atomic E-state index is -0.303. The van der Waals surface area contributed by atoms with Gasteiger partial charge in [0.25, 0.3) is 5.91 Å². The molecular weight excluding hydrogens is 386 g/mol. The van der Waals surface area contributed by atoms with Gasteiger partial charge < -0.3 is 15.2 Å². The van der Waals surface area contributed by atoms with Gasteiger partial charge in [0.1, 0.15) is 6.54 Å². The van der Waals surface area contributed by atoms with E-state index in [0.717, 1.165) is 33.3 Å². The van der Waals surface area contributed by atoms with Gasteiger partial charge in [0, 0.05) is 34.3 Å². The summed E-state index contributed by atoms with van der Waals surface area (Å²) in [7, 11) is 0. The van der Waals surface area contributed by atoms with E-state index in [4.69, 9.17) is 0 Å². The zero-order valence-corrected chi connectivity index (χ0v) is 17.3. The van der Waals surface area contributed by atoms with Gasteiger partial charge in [0.2, 0.25) is 5.91 Å². The molecule has 5 heteroatoms. The zero-order chi connectivity index (χ0) is 21.4. The molecular formula is C26H23N3O2. The standard InChI is InChI=1S/C26H23N3O2/c1-17-24(21-13-7-8-14-22(21)28-17)25-19-11-5-6-12-20(19)26(31)29(25)16-23(30)27-15-18-9-3-2-4-10-18/h2-14,25,28H,15-16H2,1H3,(H,27,30). The minimum Gasteiger partial charge on any atom is -0.358 e. The molecule has 2 amide bonds. The average Bonchev–Trinajstić information content (AvgIpc) is 3.26. The normalized spacial score (nSPS) is 15.3. The van der Waals surface area contributed by atoms with Crippen molar-refractivity contribution < 1.29 is 9.59 Å². The van der Waals surface area contributed by atoms with Gasteiger partial charge in [-0.3, -0.25) is 9.59 Å². The van der Waals surface area contributed by atoms with Crippen LogP contribution in [0.2, 0.25) is 0 Å². The van der Waals surface area contributed by atoms with Crippen molar-refractivity contribution in [3.05, 3.63) is 107 Å². The number of hydrogen-bond donors (Lipinski definition) is 2. The van der Waals surface area contributed by atoms with Crippen LogP contribution in [0.5, 0.6) is 0 Å². The van der Waals surface area contributed by atoms with Crippen LogP contribution in [0.3, 0.4) is 0 Å². The molecule has 1 unspecified atom stereocenters. The topological polar surface area (TPSA) is 65.2 Å². The van der Waals surface area contributed by atoms with E-state index in [0.29, 0.717) is 12.1 Å². The van der Waals surface area contributed by atoms with Crippen LogP contribution >= 0.6 is 0 Å². The second-order valence-electron chi connectivity index (χ2n) is 7.89. The predicted molar refractivity (Wildman–Crippen MR) is 121 cm³/mol. The molecule has 2 N–H and O–H groups in total. The number of aryl methyl sites for hydroxylation is 1. The molecule has 5 rings (SSSR count). The van der Waals surface area contributed by atoms with Crippen LogP contribution < -0.4 is 5.32 Å². The van der Waals surface area contributed by atoms with Crippen molar-refractivity contribution in [3.8, 4) is 0 Å². The van der Waals surface area contributed by atoms with Crippen molar-refractivity contribution in [3.63, 3.8) is 0 Å². The summed E-state index contributed by atoms with van der Waals surface area (Å²) in [6, 6.07) is 25.2. The molecule has 1 aromatic heterocycles. The molecule has 1 atom stereocenters. The fourth-order valence-corrected chi connectivity index (χ4v) is 4.50. The van der Waals surface area contributed by atoms with Crippen LogP contribution in [0.4, 0.5) is 0 Å². The Hall–Kier alpha value is -3.86. The second-order valence-corrected chi connectivity index (χ2v) is 7.89. The van der Waals surface area contributed by atoms with Crippen LogP contribution in [-0.4, -0.2) is 28.2 Å². The SMILES string of the molecule is Cc1[nH]c2ccccc2c1C1c2ccccc2C(=O)N1CC(=O)NCc1ccccc1. The maximum absolute atomic E-state index is 13.3. The number of carbonyl (C=O) groups is 2. The fraction of sp³-hybridized carbons (Fsp3) is 0.154. The minimum absolute atomic E-state index is 0.00393. The zero-order valence-electron chi connectivity index (χ0n) is 17.3. The first-order valence-electron chi connectivity index (χ1n) is 10.4. The number of para-hydroxylation sites is 1. The molecule has 0 bridgehead atoms. The van der Waals surface area contributed by atoms with Crippen molar-refractivity contribution in [2.45, 2.75) is 19.5 Å². The quantitative estimate of drug-likeness (QED) is 0.515. The van der Waals surface area contributed by atoms with Crippen LogP contribution in [0.1, 0.15) is 38.8 Å². The molecule has 0 spiro atoms. The second kappa shape index (κ2) is 7.76. The molecule has 5 nitrogen and oxygen atoms in total. The Labute approximate surface area is 180 Å². The fourth-order valence-electron chi connectivity index (χ4n) is 4.50. The van der Waals surface area contributed by atoms with E-state index in [1.807, 2.05) is 79.7 Å². The molecule has 154 valence electrons. The highest BCUT2D eigenvalue weighted by atomic mass is 16.2. The molecule has 1 aliphatic heterocycles. The molecule has 1 aliphatic rings. The monoisotopic (exact) mass is 409 g/mol. The Morgan fingerprint density at radius 1 is 0.968 bits per heavy atom. The maximum Gasteiger partial charge on any atom is 0.255 e. The molecule has 0 saturated heterocycles. The number of H-pyrrole nitrogens is 1. The first-order valence-corrected chi connectivity index (χ1v) is 10.4. The van der Waals surface area contributed by atoms with Crippen molar-refractivity contribution in [2.75, 3.05) is 6.54 Å². The number of fused-ring (bicyclic) bond motifs is 2. The summed E-state index contributed by atoms with van der Waals surface area (Å²) in [6.07, 6.45) is 0. The van der Waals surface area contributed by atoms with Gasteiger partial charge in [0.05, 0.1) is 6.04 Å². The van der Waals surface area contributed by atoms with E-state index in [1.165, 1.54) is 0 Å². The van der Waals surface area contributed by atoms with Gasteiger partial charge in [-0.15, -0.1) is 0 Å². The van der Waals surface area contributed by atoms with Crippen molar-refractivity contribution in [1.29, 1.82) is 0 Å². The number of aromatic amines is 1. The third-order valence-corrected chi connectivity index (χ3v) is 5.92. The largest absolute Gasteiger partial charge is 0.358 e. The van der Waals surface area contributed by atoms with Crippen LogP contribution in [-0.2, 0) is 11.3 Å². The molecule has 0 fully saturated rings. The third kappa shape index (κ3) is 3.38. The Morgan fingerprint density at radius 2 is 1.68 bits per heavy atom. The Bertz CT molecular complexity index is 1280. The van der Waals surface area contributed by atoms with E-state index >= 15 is 0 Å². The molecule has 0 aliphatic carbocycles. The van der Waals surface area contributed by atoms with Crippen LogP contribution in [0.15, 0.2) is 78.9 Å². The maximum atomic E-state index is 13.3.